The van der Waals surface area contributed by atoms with Gasteiger partial charge in [-0.3, -0.25) is 8.98 Å². The summed E-state index contributed by atoms with van der Waals surface area (Å²) < 4.78 is 46.7. The fourth-order valence-corrected chi connectivity index (χ4v) is 5.25. The Morgan fingerprint density at radius 2 is 1.33 bits per heavy atom. The van der Waals surface area contributed by atoms with Crippen molar-refractivity contribution in [3.63, 3.8) is 0 Å². The molecule has 1 saturated heterocycles. The quantitative estimate of drug-likeness (QED) is 0.0200. The van der Waals surface area contributed by atoms with Crippen LogP contribution < -0.4 is 34.9 Å². The maximum absolute atomic E-state index is 12.4. The molecule has 1 fully saturated rings. The van der Waals surface area contributed by atoms with Crippen molar-refractivity contribution < 1.29 is 96.7 Å². The summed E-state index contributed by atoms with van der Waals surface area (Å²) >= 11 is 0. The van der Waals surface area contributed by atoms with Crippen LogP contribution in [-0.2, 0) is 28.9 Å². The van der Waals surface area contributed by atoms with Gasteiger partial charge in [-0.15, -0.1) is 0 Å². The summed E-state index contributed by atoms with van der Waals surface area (Å²) in [5.74, 6) is -0.988. The molecule has 0 bridgehead atoms. The van der Waals surface area contributed by atoms with Gasteiger partial charge < -0.3 is 55.1 Å². The summed E-state index contributed by atoms with van der Waals surface area (Å²) in [5, 5.41) is 73.4. The number of carbonyl (C=O) groups is 1. The van der Waals surface area contributed by atoms with Crippen LogP contribution in [-0.4, -0.2) is 130 Å². The van der Waals surface area contributed by atoms with E-state index in [0.29, 0.717) is 6.42 Å². The van der Waals surface area contributed by atoms with Gasteiger partial charge in [0.1, 0.15) is 42.7 Å². The van der Waals surface area contributed by atoms with Crippen LogP contribution in [0, 0.1) is 0 Å². The predicted octanol–water partition coefficient (Wildman–Crippen LogP) is -3.67. The van der Waals surface area contributed by atoms with E-state index in [4.69, 9.17) is 9.47 Å². The molecular formula is C28H54NNaO14S. The molecule has 15 nitrogen and oxygen atoms in total. The molecule has 0 aromatic heterocycles. The molecule has 2 unspecified atom stereocenters. The molecule has 45 heavy (non-hydrogen) atoms. The van der Waals surface area contributed by atoms with Crippen molar-refractivity contribution in [1.82, 2.24) is 5.32 Å². The zero-order valence-electron chi connectivity index (χ0n) is 26.6. The van der Waals surface area contributed by atoms with E-state index in [-0.39, 0.29) is 36.1 Å². The normalized spacial score (nSPS) is 24.8. The summed E-state index contributed by atoms with van der Waals surface area (Å²) in [6, 6.07) is 0. The van der Waals surface area contributed by atoms with E-state index < -0.39 is 84.6 Å². The van der Waals surface area contributed by atoms with Gasteiger partial charge in [0.15, 0.2) is 12.4 Å². The van der Waals surface area contributed by atoms with Gasteiger partial charge in [-0.1, -0.05) is 90.4 Å². The van der Waals surface area contributed by atoms with E-state index in [9.17, 15) is 53.5 Å². The van der Waals surface area contributed by atoms with Gasteiger partial charge in [0.25, 0.3) is 5.91 Å². The molecule has 1 aliphatic heterocycles. The molecule has 0 radical (unpaired) electrons. The minimum Gasteiger partial charge on any atom is -0.726 e. The van der Waals surface area contributed by atoms with Gasteiger partial charge >= 0.3 is 29.6 Å². The number of amides is 1. The van der Waals surface area contributed by atoms with Gasteiger partial charge in [-0.05, 0) is 6.42 Å². The van der Waals surface area contributed by atoms with E-state index in [1.807, 2.05) is 0 Å². The SMILES string of the molecule is CCCCCCCCCCCCCCCCNC(=O)[C@H](O)[C@@H](O)[C@H](O[C@H]1OC(COS(=O)(=O)[O-])[C@@H](O)[C@H](O)C1O)[C@H](O)CO.[Na+]. The minimum atomic E-state index is -5.21. The summed E-state index contributed by atoms with van der Waals surface area (Å²) in [5.41, 5.74) is 0. The number of unbranched alkanes of at least 4 members (excludes halogenated alkanes) is 13. The Kier molecular flexibility index (Phi) is 25.0. The van der Waals surface area contributed by atoms with Crippen molar-refractivity contribution >= 4 is 16.3 Å². The number of aliphatic hydroxyl groups excluding tert-OH is 7. The molecule has 17 heteroatoms. The number of hydrogen-bond acceptors (Lipinski definition) is 14. The first kappa shape index (κ1) is 45.0. The molecular weight excluding hydrogens is 629 g/mol. The molecule has 1 heterocycles. The van der Waals surface area contributed by atoms with Gasteiger partial charge in [-0.2, -0.15) is 0 Å². The van der Waals surface area contributed by atoms with Crippen LogP contribution in [0.3, 0.4) is 0 Å². The van der Waals surface area contributed by atoms with Crippen LogP contribution in [0.15, 0.2) is 0 Å². The number of carbonyl (C=O) groups excluding carboxylic acids is 1. The zero-order chi connectivity index (χ0) is 33.1. The average molecular weight is 684 g/mol. The van der Waals surface area contributed by atoms with Gasteiger partial charge in [0.2, 0.25) is 10.4 Å². The van der Waals surface area contributed by atoms with Crippen molar-refractivity contribution in [2.24, 2.45) is 0 Å². The average Bonchev–Trinajstić information content (AvgIpc) is 2.99. The molecule has 0 aliphatic carbocycles. The maximum Gasteiger partial charge on any atom is 1.00 e. The molecule has 8 N–H and O–H groups in total. The second-order valence-electron chi connectivity index (χ2n) is 11.4. The summed E-state index contributed by atoms with van der Waals surface area (Å²) in [6.07, 6.45) is -1.55. The van der Waals surface area contributed by atoms with Crippen LogP contribution in [0.4, 0.5) is 0 Å². The summed E-state index contributed by atoms with van der Waals surface area (Å²) in [4.78, 5) is 12.4. The van der Waals surface area contributed by atoms with Crippen LogP contribution in [0.1, 0.15) is 96.8 Å². The monoisotopic (exact) mass is 683 g/mol. The van der Waals surface area contributed by atoms with Gasteiger partial charge in [-0.25, -0.2) is 8.42 Å². The number of aliphatic hydroxyl groups is 7. The van der Waals surface area contributed by atoms with Crippen molar-refractivity contribution in [2.45, 2.75) is 152 Å². The molecule has 1 amide bonds. The molecule has 0 aromatic carbocycles. The summed E-state index contributed by atoms with van der Waals surface area (Å²) in [6.45, 7) is 0.335. The van der Waals surface area contributed by atoms with Crippen molar-refractivity contribution in [3.8, 4) is 0 Å². The Balaban J connectivity index is 0.0000194. The van der Waals surface area contributed by atoms with Gasteiger partial charge in [0.05, 0.1) is 13.2 Å². The fourth-order valence-electron chi connectivity index (χ4n) is 4.95. The summed E-state index contributed by atoms with van der Waals surface area (Å²) in [7, 11) is -5.21. The molecule has 1 aliphatic rings. The second-order valence-corrected chi connectivity index (χ2v) is 12.4. The largest absolute Gasteiger partial charge is 1.00 e. The molecule has 262 valence electrons. The van der Waals surface area contributed by atoms with Crippen molar-refractivity contribution in [2.75, 3.05) is 19.8 Å². The van der Waals surface area contributed by atoms with E-state index in [1.165, 1.54) is 57.8 Å². The predicted molar refractivity (Wildman–Crippen MR) is 156 cm³/mol. The number of hydrogen-bond donors (Lipinski definition) is 8. The number of rotatable bonds is 25. The van der Waals surface area contributed by atoms with Crippen LogP contribution in [0.25, 0.3) is 0 Å². The van der Waals surface area contributed by atoms with Crippen molar-refractivity contribution in [3.05, 3.63) is 0 Å². The van der Waals surface area contributed by atoms with Crippen LogP contribution in [0.2, 0.25) is 0 Å². The standard InChI is InChI=1S/C28H55NO14S.Na/c1-2-3-4-5-6-7-8-9-10-11-12-13-14-15-16-29-27(37)24(35)23(34)26(19(31)17-30)43-28-25(36)22(33)21(32)20(42-28)18-41-44(38,39)40;/h19-26,28,30-36H,2-18H2,1H3,(H,29,37)(H,38,39,40);/q;+1/p-1/t19-,20?,21-,22+,23-,24-,25?,26-,28-;/m1./s1. The molecule has 0 aromatic rings. The molecule has 0 saturated carbocycles. The first-order chi connectivity index (χ1) is 20.8. The smallest absolute Gasteiger partial charge is 0.726 e. The van der Waals surface area contributed by atoms with E-state index in [1.54, 1.807) is 0 Å². The van der Waals surface area contributed by atoms with E-state index in [2.05, 4.69) is 16.4 Å². The third-order valence-corrected chi connectivity index (χ3v) is 8.09. The Hall–Kier alpha value is -0.0200. The topological polar surface area (TPSA) is 256 Å². The molecule has 1 rings (SSSR count). The Morgan fingerprint density at radius 1 is 0.844 bits per heavy atom. The third-order valence-electron chi connectivity index (χ3n) is 7.66. The van der Waals surface area contributed by atoms with E-state index >= 15 is 0 Å². The Morgan fingerprint density at radius 3 is 1.80 bits per heavy atom. The van der Waals surface area contributed by atoms with E-state index in [0.717, 1.165) is 25.7 Å². The fraction of sp³-hybridized carbons (Fsp3) is 0.964. The number of nitrogens with one attached hydrogen (secondary N) is 1. The van der Waals surface area contributed by atoms with Crippen molar-refractivity contribution in [1.29, 1.82) is 0 Å². The first-order valence-corrected chi connectivity index (χ1v) is 17.1. The Labute approximate surface area is 288 Å². The maximum atomic E-state index is 12.4. The van der Waals surface area contributed by atoms with Gasteiger partial charge in [0, 0.05) is 6.54 Å². The minimum absolute atomic E-state index is 0. The first-order valence-electron chi connectivity index (χ1n) is 15.7. The Bertz CT molecular complexity index is 872. The number of ether oxygens (including phenoxy) is 2. The molecule has 9 atom stereocenters. The second kappa shape index (κ2) is 25.0. The zero-order valence-corrected chi connectivity index (χ0v) is 29.4. The molecule has 0 spiro atoms. The van der Waals surface area contributed by atoms with Crippen LogP contribution >= 0.6 is 0 Å². The van der Waals surface area contributed by atoms with Crippen LogP contribution in [0.5, 0.6) is 0 Å². The third kappa shape index (κ3) is 18.4.